The summed E-state index contributed by atoms with van der Waals surface area (Å²) in [4.78, 5) is 13.3. The minimum Gasteiger partial charge on any atom is -0.464 e. The Morgan fingerprint density at radius 2 is 2.39 bits per heavy atom. The van der Waals surface area contributed by atoms with Crippen LogP contribution in [-0.4, -0.2) is 49.5 Å². The van der Waals surface area contributed by atoms with Crippen molar-refractivity contribution in [3.8, 4) is 0 Å². The van der Waals surface area contributed by atoms with Crippen molar-refractivity contribution < 1.29 is 9.53 Å². The number of methoxy groups -OCH3 is 1. The normalized spacial score (nSPS) is 18.7. The average molecular weight is 250 g/mol. The summed E-state index contributed by atoms with van der Waals surface area (Å²) >= 11 is 0. The summed E-state index contributed by atoms with van der Waals surface area (Å²) in [5, 5.41) is 11.3. The van der Waals surface area contributed by atoms with Crippen LogP contribution in [0.15, 0.2) is 12.1 Å². The molecule has 6 heteroatoms. The van der Waals surface area contributed by atoms with Crippen LogP contribution >= 0.6 is 0 Å². The summed E-state index contributed by atoms with van der Waals surface area (Å²) in [6.45, 7) is 1.98. The standard InChI is InChI=1S/C12H18N4O2/c1-16(8-9-4-3-7-13-9)11-6-5-10(14-15-11)12(17)18-2/h5-6,9,13H,3-4,7-8H2,1-2H3. The van der Waals surface area contributed by atoms with Crippen LogP contribution < -0.4 is 10.2 Å². The summed E-state index contributed by atoms with van der Waals surface area (Å²) in [6, 6.07) is 3.93. The second kappa shape index (κ2) is 5.77. The zero-order valence-corrected chi connectivity index (χ0v) is 10.7. The fourth-order valence-corrected chi connectivity index (χ4v) is 2.08. The molecular weight excluding hydrogens is 232 g/mol. The number of esters is 1. The molecule has 0 aliphatic carbocycles. The molecule has 1 aliphatic heterocycles. The van der Waals surface area contributed by atoms with E-state index < -0.39 is 5.97 Å². The Bertz CT molecular complexity index is 401. The first-order valence-corrected chi connectivity index (χ1v) is 6.07. The van der Waals surface area contributed by atoms with Crippen molar-refractivity contribution in [1.82, 2.24) is 15.5 Å². The van der Waals surface area contributed by atoms with Gasteiger partial charge >= 0.3 is 5.97 Å². The molecule has 2 rings (SSSR count). The maximum Gasteiger partial charge on any atom is 0.358 e. The highest BCUT2D eigenvalue weighted by atomic mass is 16.5. The number of rotatable bonds is 4. The van der Waals surface area contributed by atoms with Gasteiger partial charge in [-0.3, -0.25) is 0 Å². The molecule has 1 aromatic rings. The zero-order chi connectivity index (χ0) is 13.0. The van der Waals surface area contributed by atoms with Gasteiger partial charge < -0.3 is 15.0 Å². The average Bonchev–Trinajstić information content (AvgIpc) is 2.91. The second-order valence-electron chi connectivity index (χ2n) is 4.44. The van der Waals surface area contributed by atoms with E-state index in [9.17, 15) is 4.79 Å². The quantitative estimate of drug-likeness (QED) is 0.783. The fraction of sp³-hybridized carbons (Fsp3) is 0.583. The number of likely N-dealkylation sites (N-methyl/N-ethyl adjacent to an activating group) is 1. The molecule has 1 aromatic heterocycles. The Hall–Kier alpha value is -1.69. The van der Waals surface area contributed by atoms with Crippen LogP contribution in [0.2, 0.25) is 0 Å². The molecule has 98 valence electrons. The van der Waals surface area contributed by atoms with Gasteiger partial charge in [0.15, 0.2) is 11.5 Å². The molecule has 1 atom stereocenters. The Morgan fingerprint density at radius 3 is 2.94 bits per heavy atom. The maximum absolute atomic E-state index is 11.2. The van der Waals surface area contributed by atoms with Crippen molar-refractivity contribution in [2.24, 2.45) is 0 Å². The number of aromatic nitrogens is 2. The molecule has 2 heterocycles. The smallest absolute Gasteiger partial charge is 0.358 e. The van der Waals surface area contributed by atoms with Crippen molar-refractivity contribution in [1.29, 1.82) is 0 Å². The summed E-state index contributed by atoms with van der Waals surface area (Å²) in [7, 11) is 3.30. The minimum atomic E-state index is -0.464. The number of hydrogen-bond acceptors (Lipinski definition) is 6. The Labute approximate surface area is 106 Å². The molecule has 0 spiro atoms. The molecule has 6 nitrogen and oxygen atoms in total. The Balaban J connectivity index is 1.97. The number of nitrogens with one attached hydrogen (secondary N) is 1. The van der Waals surface area contributed by atoms with Gasteiger partial charge in [0.1, 0.15) is 0 Å². The summed E-state index contributed by atoms with van der Waals surface area (Å²) in [6.07, 6.45) is 2.42. The van der Waals surface area contributed by atoms with Crippen LogP contribution in [0.3, 0.4) is 0 Å². The SMILES string of the molecule is COC(=O)c1ccc(N(C)CC2CCCN2)nn1. The van der Waals surface area contributed by atoms with Gasteiger partial charge in [0.25, 0.3) is 0 Å². The van der Waals surface area contributed by atoms with Gasteiger partial charge in [-0.05, 0) is 31.5 Å². The third-order valence-electron chi connectivity index (χ3n) is 3.09. The molecule has 0 bridgehead atoms. The predicted octanol–water partition coefficient (Wildman–Crippen LogP) is 0.451. The van der Waals surface area contributed by atoms with Crippen LogP contribution in [-0.2, 0) is 4.74 Å². The lowest BCUT2D eigenvalue weighted by Gasteiger charge is -2.21. The fourth-order valence-electron chi connectivity index (χ4n) is 2.08. The monoisotopic (exact) mass is 250 g/mol. The third kappa shape index (κ3) is 2.95. The molecular formula is C12H18N4O2. The van der Waals surface area contributed by atoms with Crippen molar-refractivity contribution in [2.75, 3.05) is 32.1 Å². The highest BCUT2D eigenvalue weighted by Gasteiger charge is 2.17. The van der Waals surface area contributed by atoms with E-state index in [0.29, 0.717) is 6.04 Å². The number of carbonyl (C=O) groups excluding carboxylic acids is 1. The van der Waals surface area contributed by atoms with Crippen molar-refractivity contribution in [3.63, 3.8) is 0 Å². The van der Waals surface area contributed by atoms with E-state index in [1.165, 1.54) is 20.0 Å². The molecule has 0 aromatic carbocycles. The van der Waals surface area contributed by atoms with Crippen LogP contribution in [0.5, 0.6) is 0 Å². The Morgan fingerprint density at radius 1 is 1.56 bits per heavy atom. The molecule has 1 saturated heterocycles. The summed E-state index contributed by atoms with van der Waals surface area (Å²) in [5.41, 5.74) is 0.230. The van der Waals surface area contributed by atoms with Crippen LogP contribution in [0.4, 0.5) is 5.82 Å². The summed E-state index contributed by atoms with van der Waals surface area (Å²) in [5.74, 6) is 0.297. The molecule has 0 radical (unpaired) electrons. The van der Waals surface area contributed by atoms with E-state index in [2.05, 4.69) is 20.3 Å². The highest BCUT2D eigenvalue weighted by molar-refractivity contribution is 5.86. The lowest BCUT2D eigenvalue weighted by Crippen LogP contribution is -2.35. The summed E-state index contributed by atoms with van der Waals surface area (Å²) < 4.78 is 4.58. The molecule has 0 amide bonds. The molecule has 1 aliphatic rings. The van der Waals surface area contributed by atoms with E-state index in [0.717, 1.165) is 18.9 Å². The van der Waals surface area contributed by atoms with Crippen molar-refractivity contribution in [2.45, 2.75) is 18.9 Å². The van der Waals surface area contributed by atoms with E-state index in [1.54, 1.807) is 12.1 Å². The predicted molar refractivity (Wildman–Crippen MR) is 67.7 cm³/mol. The van der Waals surface area contributed by atoms with Gasteiger partial charge in [0.05, 0.1) is 7.11 Å². The number of carbonyl (C=O) groups is 1. The lowest BCUT2D eigenvalue weighted by atomic mass is 10.2. The molecule has 0 saturated carbocycles. The van der Waals surface area contributed by atoms with Gasteiger partial charge in [-0.15, -0.1) is 10.2 Å². The largest absolute Gasteiger partial charge is 0.464 e. The van der Waals surface area contributed by atoms with E-state index >= 15 is 0 Å². The van der Waals surface area contributed by atoms with Crippen molar-refractivity contribution >= 4 is 11.8 Å². The van der Waals surface area contributed by atoms with Crippen molar-refractivity contribution in [3.05, 3.63) is 17.8 Å². The highest BCUT2D eigenvalue weighted by Crippen LogP contribution is 2.12. The first-order valence-electron chi connectivity index (χ1n) is 6.07. The third-order valence-corrected chi connectivity index (χ3v) is 3.09. The van der Waals surface area contributed by atoms with Gasteiger partial charge in [0, 0.05) is 19.6 Å². The molecule has 18 heavy (non-hydrogen) atoms. The van der Waals surface area contributed by atoms with E-state index in [1.807, 2.05) is 11.9 Å². The van der Waals surface area contributed by atoms with Gasteiger partial charge in [-0.25, -0.2) is 4.79 Å². The Kier molecular flexibility index (Phi) is 4.09. The van der Waals surface area contributed by atoms with Crippen LogP contribution in [0.1, 0.15) is 23.3 Å². The van der Waals surface area contributed by atoms with E-state index in [4.69, 9.17) is 0 Å². The number of nitrogens with zero attached hydrogens (tertiary/aromatic N) is 3. The zero-order valence-electron chi connectivity index (χ0n) is 10.7. The molecule has 1 N–H and O–H groups in total. The first kappa shape index (κ1) is 12.8. The second-order valence-corrected chi connectivity index (χ2v) is 4.44. The molecule has 1 unspecified atom stereocenters. The minimum absolute atomic E-state index is 0.230. The lowest BCUT2D eigenvalue weighted by molar-refractivity contribution is 0.0592. The van der Waals surface area contributed by atoms with E-state index in [-0.39, 0.29) is 5.69 Å². The number of hydrogen-bond donors (Lipinski definition) is 1. The van der Waals surface area contributed by atoms with Crippen LogP contribution in [0, 0.1) is 0 Å². The van der Waals surface area contributed by atoms with Gasteiger partial charge in [-0.2, -0.15) is 0 Å². The van der Waals surface area contributed by atoms with Gasteiger partial charge in [-0.1, -0.05) is 0 Å². The molecule has 1 fully saturated rings. The van der Waals surface area contributed by atoms with Gasteiger partial charge in [0.2, 0.25) is 0 Å². The number of anilines is 1. The topological polar surface area (TPSA) is 67.3 Å². The first-order chi connectivity index (χ1) is 8.70. The van der Waals surface area contributed by atoms with Crippen LogP contribution in [0.25, 0.3) is 0 Å². The maximum atomic E-state index is 11.2. The number of ether oxygens (including phenoxy) is 1.